The Morgan fingerprint density at radius 3 is 2.65 bits per heavy atom. The molecule has 6 nitrogen and oxygen atoms in total. The number of carboxylic acid groups (broad SMARTS) is 1. The van der Waals surface area contributed by atoms with Crippen molar-refractivity contribution in [3.05, 3.63) is 17.5 Å². The summed E-state index contributed by atoms with van der Waals surface area (Å²) in [5, 5.41) is 15.5. The van der Waals surface area contributed by atoms with Crippen molar-refractivity contribution in [1.82, 2.24) is 15.1 Å². The number of aryl methyl sites for hydroxylation is 2. The van der Waals surface area contributed by atoms with Gasteiger partial charge in [-0.3, -0.25) is 9.48 Å². The van der Waals surface area contributed by atoms with Crippen LogP contribution in [0.1, 0.15) is 29.0 Å². The van der Waals surface area contributed by atoms with Crippen LogP contribution >= 0.6 is 0 Å². The van der Waals surface area contributed by atoms with Gasteiger partial charge >= 0.3 is 5.97 Å². The summed E-state index contributed by atoms with van der Waals surface area (Å²) in [5.41, 5.74) is 1.12. The Kier molecular flexibility index (Phi) is 2.87. The van der Waals surface area contributed by atoms with Gasteiger partial charge in [0.1, 0.15) is 11.7 Å². The minimum absolute atomic E-state index is 0.0706. The van der Waals surface area contributed by atoms with Crippen molar-refractivity contribution < 1.29 is 14.7 Å². The standard InChI is InChI=1S/C11H15N3O3/c1-6-5-8(13-14(6)2)10(15)12-9(11(16)17)7-3-4-7/h5,7,9H,3-4H2,1-2H3,(H,12,15)(H,16,17). The minimum Gasteiger partial charge on any atom is -0.480 e. The highest BCUT2D eigenvalue weighted by Crippen LogP contribution is 2.32. The second-order valence-electron chi connectivity index (χ2n) is 4.42. The molecule has 1 aliphatic rings. The first-order valence-corrected chi connectivity index (χ1v) is 5.53. The van der Waals surface area contributed by atoms with E-state index < -0.39 is 17.9 Å². The first-order chi connectivity index (χ1) is 7.99. The number of carbonyl (C=O) groups excluding carboxylic acids is 1. The molecule has 0 spiro atoms. The lowest BCUT2D eigenvalue weighted by molar-refractivity contribution is -0.139. The van der Waals surface area contributed by atoms with Gasteiger partial charge in [0.25, 0.3) is 5.91 Å². The van der Waals surface area contributed by atoms with Gasteiger partial charge in [-0.1, -0.05) is 0 Å². The Bertz CT molecular complexity index is 443. The van der Waals surface area contributed by atoms with Crippen molar-refractivity contribution in [3.8, 4) is 0 Å². The lowest BCUT2D eigenvalue weighted by Crippen LogP contribution is -2.42. The van der Waals surface area contributed by atoms with Crippen molar-refractivity contribution in [2.24, 2.45) is 13.0 Å². The number of carbonyl (C=O) groups is 2. The van der Waals surface area contributed by atoms with E-state index in [-0.39, 0.29) is 11.6 Å². The molecular weight excluding hydrogens is 222 g/mol. The van der Waals surface area contributed by atoms with Gasteiger partial charge in [-0.15, -0.1) is 0 Å². The van der Waals surface area contributed by atoms with E-state index in [0.717, 1.165) is 18.5 Å². The molecule has 1 saturated carbocycles. The Labute approximate surface area is 98.6 Å². The molecule has 1 fully saturated rings. The fraction of sp³-hybridized carbons (Fsp3) is 0.545. The van der Waals surface area contributed by atoms with Gasteiger partial charge in [-0.2, -0.15) is 5.10 Å². The average Bonchev–Trinajstić information content (AvgIpc) is 3.02. The summed E-state index contributed by atoms with van der Waals surface area (Å²) < 4.78 is 1.59. The maximum atomic E-state index is 11.8. The molecule has 1 aromatic rings. The summed E-state index contributed by atoms with van der Waals surface area (Å²) in [6.45, 7) is 1.83. The summed E-state index contributed by atoms with van der Waals surface area (Å²) in [6, 6.07) is 0.853. The van der Waals surface area contributed by atoms with Crippen LogP contribution in [0.4, 0.5) is 0 Å². The smallest absolute Gasteiger partial charge is 0.326 e. The molecule has 0 aliphatic heterocycles. The maximum absolute atomic E-state index is 11.8. The number of aromatic nitrogens is 2. The van der Waals surface area contributed by atoms with E-state index >= 15 is 0 Å². The van der Waals surface area contributed by atoms with Crippen LogP contribution in [-0.2, 0) is 11.8 Å². The molecule has 0 radical (unpaired) electrons. The number of hydrogen-bond acceptors (Lipinski definition) is 3. The number of carboxylic acids is 1. The molecule has 17 heavy (non-hydrogen) atoms. The lowest BCUT2D eigenvalue weighted by Gasteiger charge is -2.12. The van der Waals surface area contributed by atoms with Gasteiger partial charge in [0, 0.05) is 12.7 Å². The SMILES string of the molecule is Cc1cc(C(=O)NC(C(=O)O)C2CC2)nn1C. The van der Waals surface area contributed by atoms with Gasteiger partial charge in [0.15, 0.2) is 0 Å². The van der Waals surface area contributed by atoms with Crippen LogP contribution in [0.3, 0.4) is 0 Å². The van der Waals surface area contributed by atoms with Crippen molar-refractivity contribution in [2.75, 3.05) is 0 Å². The predicted molar refractivity (Wildman–Crippen MR) is 59.6 cm³/mol. The summed E-state index contributed by atoms with van der Waals surface area (Å²) in [6.07, 6.45) is 1.72. The first kappa shape index (κ1) is 11.6. The van der Waals surface area contributed by atoms with E-state index in [9.17, 15) is 9.59 Å². The number of hydrogen-bond donors (Lipinski definition) is 2. The molecule has 1 atom stereocenters. The van der Waals surface area contributed by atoms with Crippen LogP contribution in [0.2, 0.25) is 0 Å². The predicted octanol–water partition coefficient (Wildman–Crippen LogP) is 0.322. The van der Waals surface area contributed by atoms with E-state index in [4.69, 9.17) is 5.11 Å². The van der Waals surface area contributed by atoms with E-state index in [1.54, 1.807) is 17.8 Å². The van der Waals surface area contributed by atoms with Crippen LogP contribution < -0.4 is 5.32 Å². The third kappa shape index (κ3) is 2.46. The molecule has 6 heteroatoms. The zero-order valence-electron chi connectivity index (χ0n) is 9.80. The molecule has 92 valence electrons. The van der Waals surface area contributed by atoms with Crippen molar-refractivity contribution in [3.63, 3.8) is 0 Å². The fourth-order valence-electron chi connectivity index (χ4n) is 1.70. The Morgan fingerprint density at radius 1 is 1.59 bits per heavy atom. The normalized spacial score (nSPS) is 16.6. The van der Waals surface area contributed by atoms with Crippen LogP contribution in [0.5, 0.6) is 0 Å². The van der Waals surface area contributed by atoms with Crippen molar-refractivity contribution >= 4 is 11.9 Å². The molecule has 1 aliphatic carbocycles. The summed E-state index contributed by atoms with van der Waals surface area (Å²) in [4.78, 5) is 22.8. The minimum atomic E-state index is -0.978. The number of rotatable bonds is 4. The quantitative estimate of drug-likeness (QED) is 0.790. The fourth-order valence-corrected chi connectivity index (χ4v) is 1.70. The van der Waals surface area contributed by atoms with Gasteiger partial charge in [0.05, 0.1) is 0 Å². The largest absolute Gasteiger partial charge is 0.480 e. The van der Waals surface area contributed by atoms with Gasteiger partial charge in [-0.25, -0.2) is 4.79 Å². The lowest BCUT2D eigenvalue weighted by atomic mass is 10.2. The molecule has 2 rings (SSSR count). The number of nitrogens with zero attached hydrogens (tertiary/aromatic N) is 2. The maximum Gasteiger partial charge on any atom is 0.326 e. The monoisotopic (exact) mass is 237 g/mol. The summed E-state index contributed by atoms with van der Waals surface area (Å²) in [5.74, 6) is -1.33. The molecular formula is C11H15N3O3. The average molecular weight is 237 g/mol. The molecule has 2 N–H and O–H groups in total. The molecule has 0 aromatic carbocycles. The summed E-state index contributed by atoms with van der Waals surface area (Å²) in [7, 11) is 1.74. The van der Waals surface area contributed by atoms with E-state index in [2.05, 4.69) is 10.4 Å². The van der Waals surface area contributed by atoms with Crippen LogP contribution in [0.25, 0.3) is 0 Å². The van der Waals surface area contributed by atoms with Gasteiger partial charge < -0.3 is 10.4 Å². The van der Waals surface area contributed by atoms with Gasteiger partial charge in [-0.05, 0) is 31.7 Å². The number of nitrogens with one attached hydrogen (secondary N) is 1. The van der Waals surface area contributed by atoms with Crippen LogP contribution in [0, 0.1) is 12.8 Å². The Morgan fingerprint density at radius 2 is 2.24 bits per heavy atom. The van der Waals surface area contributed by atoms with Gasteiger partial charge in [0.2, 0.25) is 0 Å². The number of amides is 1. The van der Waals surface area contributed by atoms with Crippen LogP contribution in [-0.4, -0.2) is 32.8 Å². The Balaban J connectivity index is 2.07. The third-order valence-corrected chi connectivity index (χ3v) is 2.99. The Hall–Kier alpha value is -1.85. The molecule has 1 amide bonds. The van der Waals surface area contributed by atoms with E-state index in [0.29, 0.717) is 0 Å². The van der Waals surface area contributed by atoms with Crippen LogP contribution in [0.15, 0.2) is 6.07 Å². The first-order valence-electron chi connectivity index (χ1n) is 5.53. The van der Waals surface area contributed by atoms with E-state index in [1.165, 1.54) is 0 Å². The third-order valence-electron chi connectivity index (χ3n) is 2.99. The van der Waals surface area contributed by atoms with Crippen molar-refractivity contribution in [2.45, 2.75) is 25.8 Å². The molecule has 1 unspecified atom stereocenters. The highest BCUT2D eigenvalue weighted by Gasteiger charge is 2.37. The second-order valence-corrected chi connectivity index (χ2v) is 4.42. The zero-order chi connectivity index (χ0) is 12.6. The van der Waals surface area contributed by atoms with E-state index in [1.807, 2.05) is 6.92 Å². The highest BCUT2D eigenvalue weighted by atomic mass is 16.4. The second kappa shape index (κ2) is 4.20. The zero-order valence-corrected chi connectivity index (χ0v) is 9.80. The molecule has 1 heterocycles. The topological polar surface area (TPSA) is 84.2 Å². The molecule has 0 bridgehead atoms. The summed E-state index contributed by atoms with van der Waals surface area (Å²) >= 11 is 0. The molecule has 1 aromatic heterocycles. The highest BCUT2D eigenvalue weighted by molar-refractivity contribution is 5.95. The number of aliphatic carboxylic acids is 1. The van der Waals surface area contributed by atoms with Crippen molar-refractivity contribution in [1.29, 1.82) is 0 Å². The molecule has 0 saturated heterocycles.